The summed E-state index contributed by atoms with van der Waals surface area (Å²) in [6, 6.07) is 54.4. The number of hydrogen-bond donors (Lipinski definition) is 0. The number of para-hydroxylation sites is 2. The van der Waals surface area contributed by atoms with Crippen LogP contribution in [0.4, 0.5) is 0 Å². The van der Waals surface area contributed by atoms with E-state index in [0.29, 0.717) is 0 Å². The lowest BCUT2D eigenvalue weighted by atomic mass is 9.93. The third-order valence-corrected chi connectivity index (χ3v) is 7.25. The molecule has 1 heteroatoms. The minimum Gasteiger partial charge on any atom is -0.309 e. The van der Waals surface area contributed by atoms with Crippen LogP contribution in [0.3, 0.4) is 0 Å². The number of benzene rings is 6. The van der Waals surface area contributed by atoms with E-state index in [1.54, 1.807) is 0 Å². The van der Waals surface area contributed by atoms with Gasteiger partial charge in [-0.1, -0.05) is 127 Å². The second kappa shape index (κ2) is 8.96. The highest BCUT2D eigenvalue weighted by atomic mass is 15.0. The molecule has 0 saturated heterocycles. The molecule has 0 fully saturated rings. The predicted molar refractivity (Wildman–Crippen MR) is 157 cm³/mol. The van der Waals surface area contributed by atoms with Gasteiger partial charge in [-0.15, -0.1) is 0 Å². The van der Waals surface area contributed by atoms with Gasteiger partial charge in [0.2, 0.25) is 0 Å². The molecule has 0 saturated carbocycles. The van der Waals surface area contributed by atoms with Crippen LogP contribution >= 0.6 is 0 Å². The summed E-state index contributed by atoms with van der Waals surface area (Å²) in [5.74, 6) is 0. The molecular weight excluding hydrogens is 446 g/mol. The van der Waals surface area contributed by atoms with Crippen LogP contribution in [0.1, 0.15) is 0 Å². The Morgan fingerprint density at radius 2 is 0.703 bits per heavy atom. The van der Waals surface area contributed by atoms with E-state index >= 15 is 0 Å². The van der Waals surface area contributed by atoms with Gasteiger partial charge in [0.25, 0.3) is 0 Å². The quantitative estimate of drug-likeness (QED) is 0.241. The highest BCUT2D eigenvalue weighted by molar-refractivity contribution is 6.09. The average molecular weight is 472 g/mol. The van der Waals surface area contributed by atoms with Crippen molar-refractivity contribution in [1.29, 1.82) is 0 Å². The monoisotopic (exact) mass is 471 g/mol. The topological polar surface area (TPSA) is 4.93 Å². The van der Waals surface area contributed by atoms with E-state index in [-0.39, 0.29) is 0 Å². The van der Waals surface area contributed by atoms with E-state index in [2.05, 4.69) is 156 Å². The molecule has 37 heavy (non-hydrogen) atoms. The molecule has 1 nitrogen and oxygen atoms in total. The SMILES string of the molecule is c1ccc(-c2ccc(-c3ccccc3-c3ccc(-n4c5ccccc5c5ccccc54)cc3)cc2)cc1. The fourth-order valence-corrected chi connectivity index (χ4v) is 5.45. The van der Waals surface area contributed by atoms with E-state index < -0.39 is 0 Å². The molecule has 0 aliphatic carbocycles. The molecule has 7 aromatic rings. The molecule has 0 radical (unpaired) electrons. The van der Waals surface area contributed by atoms with Crippen molar-refractivity contribution in [2.45, 2.75) is 0 Å². The highest BCUT2D eigenvalue weighted by Gasteiger charge is 2.12. The first-order valence-corrected chi connectivity index (χ1v) is 12.7. The van der Waals surface area contributed by atoms with Crippen LogP contribution < -0.4 is 0 Å². The van der Waals surface area contributed by atoms with Crippen molar-refractivity contribution in [1.82, 2.24) is 4.57 Å². The summed E-state index contributed by atoms with van der Waals surface area (Å²) in [6.07, 6.45) is 0. The van der Waals surface area contributed by atoms with Crippen molar-refractivity contribution in [2.24, 2.45) is 0 Å². The molecule has 0 aliphatic rings. The molecule has 1 heterocycles. The van der Waals surface area contributed by atoms with Crippen molar-refractivity contribution < 1.29 is 0 Å². The smallest absolute Gasteiger partial charge is 0.0541 e. The Morgan fingerprint density at radius 3 is 1.27 bits per heavy atom. The number of nitrogens with zero attached hydrogens (tertiary/aromatic N) is 1. The van der Waals surface area contributed by atoms with Crippen molar-refractivity contribution in [2.75, 3.05) is 0 Å². The molecule has 0 N–H and O–H groups in total. The van der Waals surface area contributed by atoms with Gasteiger partial charge in [0.1, 0.15) is 0 Å². The molecule has 6 aromatic carbocycles. The van der Waals surface area contributed by atoms with E-state index in [0.717, 1.165) is 0 Å². The molecule has 0 aliphatic heterocycles. The molecule has 7 rings (SSSR count). The van der Waals surface area contributed by atoms with Crippen molar-refractivity contribution >= 4 is 21.8 Å². The normalized spacial score (nSPS) is 11.2. The fraction of sp³-hybridized carbons (Fsp3) is 0. The van der Waals surface area contributed by atoms with Crippen molar-refractivity contribution in [3.05, 3.63) is 152 Å². The van der Waals surface area contributed by atoms with Gasteiger partial charge >= 0.3 is 0 Å². The lowest BCUT2D eigenvalue weighted by molar-refractivity contribution is 1.18. The summed E-state index contributed by atoms with van der Waals surface area (Å²) in [5.41, 5.74) is 11.0. The summed E-state index contributed by atoms with van der Waals surface area (Å²) in [5, 5.41) is 2.57. The van der Waals surface area contributed by atoms with Gasteiger partial charge in [-0.25, -0.2) is 0 Å². The van der Waals surface area contributed by atoms with Crippen LogP contribution in [0.15, 0.2) is 152 Å². The zero-order valence-corrected chi connectivity index (χ0v) is 20.4. The largest absolute Gasteiger partial charge is 0.309 e. The first-order valence-electron chi connectivity index (χ1n) is 12.7. The van der Waals surface area contributed by atoms with Gasteiger partial charge < -0.3 is 4.57 Å². The van der Waals surface area contributed by atoms with E-state index in [1.165, 1.54) is 60.9 Å². The molecule has 0 unspecified atom stereocenters. The molecule has 0 atom stereocenters. The van der Waals surface area contributed by atoms with Crippen molar-refractivity contribution in [3.63, 3.8) is 0 Å². The Bertz CT molecular complexity index is 1790. The van der Waals surface area contributed by atoms with Crippen molar-refractivity contribution in [3.8, 4) is 39.1 Å². The highest BCUT2D eigenvalue weighted by Crippen LogP contribution is 2.35. The molecule has 0 spiro atoms. The van der Waals surface area contributed by atoms with Gasteiger partial charge in [-0.05, 0) is 57.6 Å². The number of hydrogen-bond acceptors (Lipinski definition) is 0. The maximum atomic E-state index is 2.36. The standard InChI is InChI=1S/C36H25N/c1-2-10-26(11-3-1)27-18-20-28(21-19-27)31-12-4-5-13-32(31)29-22-24-30(25-23-29)37-35-16-8-6-14-33(35)34-15-7-9-17-36(34)37/h1-25H. The van der Waals surface area contributed by atoms with E-state index in [1.807, 2.05) is 0 Å². The molecule has 1 aromatic heterocycles. The van der Waals surface area contributed by atoms with Crippen LogP contribution in [-0.4, -0.2) is 4.57 Å². The predicted octanol–water partition coefficient (Wildman–Crippen LogP) is 9.78. The first kappa shape index (κ1) is 21.4. The third-order valence-electron chi connectivity index (χ3n) is 7.25. The zero-order valence-electron chi connectivity index (χ0n) is 20.4. The summed E-state index contributed by atoms with van der Waals surface area (Å²) < 4.78 is 2.36. The van der Waals surface area contributed by atoms with Gasteiger partial charge in [-0.3, -0.25) is 0 Å². The third kappa shape index (κ3) is 3.73. The second-order valence-electron chi connectivity index (χ2n) is 9.41. The fourth-order valence-electron chi connectivity index (χ4n) is 5.45. The first-order chi connectivity index (χ1) is 18.4. The average Bonchev–Trinajstić information content (AvgIpc) is 3.32. The molecule has 174 valence electrons. The van der Waals surface area contributed by atoms with Gasteiger partial charge in [0.15, 0.2) is 0 Å². The van der Waals surface area contributed by atoms with Gasteiger partial charge in [-0.2, -0.15) is 0 Å². The Balaban J connectivity index is 1.28. The maximum absolute atomic E-state index is 2.36. The lowest BCUT2D eigenvalue weighted by Gasteiger charge is -2.13. The van der Waals surface area contributed by atoms with Crippen LogP contribution in [0.25, 0.3) is 60.9 Å². The minimum absolute atomic E-state index is 1.17. The molecule has 0 amide bonds. The van der Waals surface area contributed by atoms with Crippen LogP contribution in [0.5, 0.6) is 0 Å². The van der Waals surface area contributed by atoms with Gasteiger partial charge in [0.05, 0.1) is 11.0 Å². The zero-order chi connectivity index (χ0) is 24.6. The Labute approximate surface area is 216 Å². The number of fused-ring (bicyclic) bond motifs is 3. The Kier molecular flexibility index (Phi) is 5.19. The maximum Gasteiger partial charge on any atom is 0.0541 e. The second-order valence-corrected chi connectivity index (χ2v) is 9.41. The van der Waals surface area contributed by atoms with E-state index in [4.69, 9.17) is 0 Å². The minimum atomic E-state index is 1.17. The molecular formula is C36H25N. The number of rotatable bonds is 4. The van der Waals surface area contributed by atoms with E-state index in [9.17, 15) is 0 Å². The van der Waals surface area contributed by atoms with Crippen LogP contribution in [0.2, 0.25) is 0 Å². The Morgan fingerprint density at radius 1 is 0.297 bits per heavy atom. The summed E-state index contributed by atoms with van der Waals surface area (Å²) in [7, 11) is 0. The van der Waals surface area contributed by atoms with Crippen LogP contribution in [0, 0.1) is 0 Å². The summed E-state index contributed by atoms with van der Waals surface area (Å²) >= 11 is 0. The summed E-state index contributed by atoms with van der Waals surface area (Å²) in [4.78, 5) is 0. The molecule has 0 bridgehead atoms. The van der Waals surface area contributed by atoms with Crippen LogP contribution in [-0.2, 0) is 0 Å². The Hall–Kier alpha value is -4.88. The van der Waals surface area contributed by atoms with Gasteiger partial charge in [0, 0.05) is 16.5 Å². The summed E-state index contributed by atoms with van der Waals surface area (Å²) in [6.45, 7) is 0. The lowest BCUT2D eigenvalue weighted by Crippen LogP contribution is -1.94. The number of aromatic nitrogens is 1.